The molecule has 4 N–H and O–H groups in total. The van der Waals surface area contributed by atoms with Gasteiger partial charge in [-0.3, -0.25) is 16.0 Å². The van der Waals surface area contributed by atoms with Gasteiger partial charge in [0, 0.05) is 18.4 Å². The Kier molecular flexibility index (Phi) is 4.70. The number of ether oxygens (including phenoxy) is 1. The second-order valence-corrected chi connectivity index (χ2v) is 4.32. The van der Waals surface area contributed by atoms with Crippen molar-refractivity contribution in [1.29, 1.82) is 0 Å². The predicted molar refractivity (Wildman–Crippen MR) is 81.3 cm³/mol. The first-order chi connectivity index (χ1) is 10.2. The van der Waals surface area contributed by atoms with E-state index in [-0.39, 0.29) is 11.4 Å². The lowest BCUT2D eigenvalue weighted by atomic mass is 10.1. The van der Waals surface area contributed by atoms with Gasteiger partial charge in [-0.25, -0.2) is 0 Å². The Morgan fingerprint density at radius 1 is 1.14 bits per heavy atom. The van der Waals surface area contributed by atoms with Crippen molar-refractivity contribution >= 4 is 22.7 Å². The number of nitrogens with zero attached hydrogens (tertiary/aromatic N) is 1. The smallest absolute Gasteiger partial charge is 0.316 e. The number of benzene rings is 2. The monoisotopic (exact) mass is 288 g/mol. The molecule has 0 aliphatic rings. The molecule has 0 spiro atoms. The Morgan fingerprint density at radius 3 is 2.48 bits per heavy atom. The molecule has 2 rings (SSSR count). The maximum atomic E-state index is 11.2. The highest BCUT2D eigenvalue weighted by molar-refractivity contribution is 5.80. The highest BCUT2D eigenvalue weighted by Gasteiger charge is 2.19. The number of anilines is 3. The minimum Gasteiger partial charge on any atom is -0.380 e. The average Bonchev–Trinajstić information content (AvgIpc) is 2.49. The molecule has 110 valence electrons. The number of methoxy groups -OCH3 is 1. The fraction of sp³-hybridized carbons (Fsp3) is 0.143. The van der Waals surface area contributed by atoms with Gasteiger partial charge in [-0.2, -0.15) is 0 Å². The van der Waals surface area contributed by atoms with E-state index in [1.54, 1.807) is 25.3 Å². The average molecular weight is 288 g/mol. The van der Waals surface area contributed by atoms with Crippen molar-refractivity contribution in [3.63, 3.8) is 0 Å². The Bertz CT molecular complexity index is 646. The van der Waals surface area contributed by atoms with E-state index < -0.39 is 4.92 Å². The normalized spacial score (nSPS) is 10.2. The zero-order valence-corrected chi connectivity index (χ0v) is 11.5. The number of nitro benzene ring substituents is 1. The standard InChI is InChI=1S/C14H16N4O3/c1-21-9-10-5-2-3-6-11(10)16-12-7-4-8-13(17-15)14(12)18(19)20/h2-8,16-17H,9,15H2,1H3. The van der Waals surface area contributed by atoms with E-state index in [9.17, 15) is 10.1 Å². The van der Waals surface area contributed by atoms with Gasteiger partial charge < -0.3 is 15.5 Å². The molecule has 0 bridgehead atoms. The summed E-state index contributed by atoms with van der Waals surface area (Å²) in [6.45, 7) is 0.409. The summed E-state index contributed by atoms with van der Waals surface area (Å²) in [7, 11) is 1.60. The highest BCUT2D eigenvalue weighted by atomic mass is 16.6. The third-order valence-electron chi connectivity index (χ3n) is 2.96. The summed E-state index contributed by atoms with van der Waals surface area (Å²) in [6.07, 6.45) is 0. The molecular weight excluding hydrogens is 272 g/mol. The largest absolute Gasteiger partial charge is 0.380 e. The zero-order chi connectivity index (χ0) is 15.2. The van der Waals surface area contributed by atoms with E-state index in [1.165, 1.54) is 0 Å². The van der Waals surface area contributed by atoms with Gasteiger partial charge in [0.1, 0.15) is 11.4 Å². The van der Waals surface area contributed by atoms with Crippen molar-refractivity contribution in [3.05, 3.63) is 58.1 Å². The molecule has 0 saturated carbocycles. The fourth-order valence-corrected chi connectivity index (χ4v) is 2.03. The van der Waals surface area contributed by atoms with Gasteiger partial charge in [-0.15, -0.1) is 0 Å². The van der Waals surface area contributed by atoms with Crippen molar-refractivity contribution in [1.82, 2.24) is 0 Å². The van der Waals surface area contributed by atoms with E-state index in [2.05, 4.69) is 10.7 Å². The van der Waals surface area contributed by atoms with Gasteiger partial charge in [0.05, 0.1) is 11.5 Å². The van der Waals surface area contributed by atoms with Crippen LogP contribution in [0.4, 0.5) is 22.7 Å². The molecule has 0 aliphatic carbocycles. The summed E-state index contributed by atoms with van der Waals surface area (Å²) in [5.74, 6) is 5.33. The van der Waals surface area contributed by atoms with Crippen LogP contribution in [0.15, 0.2) is 42.5 Å². The van der Waals surface area contributed by atoms with Crippen LogP contribution in [-0.2, 0) is 11.3 Å². The number of nitrogens with one attached hydrogen (secondary N) is 2. The topological polar surface area (TPSA) is 102 Å². The van der Waals surface area contributed by atoms with Crippen LogP contribution in [0.25, 0.3) is 0 Å². The Morgan fingerprint density at radius 2 is 1.81 bits per heavy atom. The third-order valence-corrected chi connectivity index (χ3v) is 2.96. The number of para-hydroxylation sites is 2. The molecule has 0 aliphatic heterocycles. The summed E-state index contributed by atoms with van der Waals surface area (Å²) >= 11 is 0. The molecule has 0 fully saturated rings. The molecule has 2 aromatic rings. The molecule has 2 aromatic carbocycles. The summed E-state index contributed by atoms with van der Waals surface area (Å²) < 4.78 is 5.12. The lowest BCUT2D eigenvalue weighted by Crippen LogP contribution is -2.10. The minimum atomic E-state index is -0.476. The number of hydrogen-bond donors (Lipinski definition) is 3. The van der Waals surface area contributed by atoms with Crippen molar-refractivity contribution in [2.24, 2.45) is 5.84 Å². The van der Waals surface area contributed by atoms with E-state index in [1.807, 2.05) is 24.3 Å². The van der Waals surface area contributed by atoms with Crippen LogP contribution >= 0.6 is 0 Å². The van der Waals surface area contributed by atoms with Gasteiger partial charge in [-0.05, 0) is 18.2 Å². The molecule has 0 aromatic heterocycles. The Labute approximate surface area is 121 Å². The molecular formula is C14H16N4O3. The molecule has 0 saturated heterocycles. The number of hydrazine groups is 1. The van der Waals surface area contributed by atoms with Crippen LogP contribution in [0.3, 0.4) is 0 Å². The van der Waals surface area contributed by atoms with Gasteiger partial charge in [0.2, 0.25) is 0 Å². The quantitative estimate of drug-likeness (QED) is 0.429. The van der Waals surface area contributed by atoms with Gasteiger partial charge in [0.25, 0.3) is 0 Å². The predicted octanol–water partition coefficient (Wildman–Crippen LogP) is 2.77. The SMILES string of the molecule is COCc1ccccc1Nc1cccc(NN)c1[N+](=O)[O-]. The number of nitrogens with two attached hydrogens (primary N) is 1. The van der Waals surface area contributed by atoms with Crippen molar-refractivity contribution in [3.8, 4) is 0 Å². The van der Waals surface area contributed by atoms with Crippen LogP contribution in [0.2, 0.25) is 0 Å². The summed E-state index contributed by atoms with van der Waals surface area (Å²) in [4.78, 5) is 10.8. The summed E-state index contributed by atoms with van der Waals surface area (Å²) in [5, 5.41) is 14.3. The summed E-state index contributed by atoms with van der Waals surface area (Å²) in [6, 6.07) is 12.3. The first kappa shape index (κ1) is 14.8. The van der Waals surface area contributed by atoms with E-state index in [0.29, 0.717) is 12.3 Å². The van der Waals surface area contributed by atoms with Crippen LogP contribution in [0, 0.1) is 10.1 Å². The maximum absolute atomic E-state index is 11.2. The Hall–Kier alpha value is -2.64. The second-order valence-electron chi connectivity index (χ2n) is 4.32. The minimum absolute atomic E-state index is 0.104. The van der Waals surface area contributed by atoms with E-state index in [4.69, 9.17) is 10.6 Å². The molecule has 7 nitrogen and oxygen atoms in total. The van der Waals surface area contributed by atoms with Gasteiger partial charge in [-0.1, -0.05) is 24.3 Å². The summed E-state index contributed by atoms with van der Waals surface area (Å²) in [5.41, 5.74) is 4.49. The van der Waals surface area contributed by atoms with Crippen LogP contribution in [0.1, 0.15) is 5.56 Å². The van der Waals surface area contributed by atoms with E-state index >= 15 is 0 Å². The molecule has 0 radical (unpaired) electrons. The maximum Gasteiger partial charge on any atom is 0.316 e. The van der Waals surface area contributed by atoms with Crippen molar-refractivity contribution in [2.75, 3.05) is 17.9 Å². The number of hydrogen-bond acceptors (Lipinski definition) is 6. The van der Waals surface area contributed by atoms with Crippen LogP contribution in [0.5, 0.6) is 0 Å². The number of rotatable bonds is 6. The van der Waals surface area contributed by atoms with Crippen molar-refractivity contribution < 1.29 is 9.66 Å². The lowest BCUT2D eigenvalue weighted by molar-refractivity contribution is -0.383. The molecule has 0 heterocycles. The molecule has 7 heteroatoms. The zero-order valence-electron chi connectivity index (χ0n) is 11.5. The lowest BCUT2D eigenvalue weighted by Gasteiger charge is -2.13. The molecule has 0 atom stereocenters. The number of nitrogen functional groups attached to an aromatic ring is 1. The van der Waals surface area contributed by atoms with Crippen LogP contribution in [-0.4, -0.2) is 12.0 Å². The second kappa shape index (κ2) is 6.69. The molecule has 21 heavy (non-hydrogen) atoms. The molecule has 0 amide bonds. The Balaban J connectivity index is 2.42. The number of nitro groups is 1. The van der Waals surface area contributed by atoms with Gasteiger partial charge >= 0.3 is 5.69 Å². The molecule has 0 unspecified atom stereocenters. The first-order valence-corrected chi connectivity index (χ1v) is 6.25. The van der Waals surface area contributed by atoms with Crippen LogP contribution < -0.4 is 16.6 Å². The van der Waals surface area contributed by atoms with E-state index in [0.717, 1.165) is 11.3 Å². The van der Waals surface area contributed by atoms with Crippen molar-refractivity contribution in [2.45, 2.75) is 6.61 Å². The highest BCUT2D eigenvalue weighted by Crippen LogP contribution is 2.34. The fourth-order valence-electron chi connectivity index (χ4n) is 2.03. The third kappa shape index (κ3) is 3.28. The van der Waals surface area contributed by atoms with Gasteiger partial charge in [0.15, 0.2) is 0 Å². The first-order valence-electron chi connectivity index (χ1n) is 6.25.